The van der Waals surface area contributed by atoms with Crippen molar-refractivity contribution in [3.63, 3.8) is 0 Å². The Morgan fingerprint density at radius 1 is 0.437 bits per heavy atom. The number of aromatic nitrogens is 4. The maximum absolute atomic E-state index is 14.5. The molecule has 33 heteroatoms. The lowest BCUT2D eigenvalue weighted by molar-refractivity contribution is 0.00517. The fourth-order valence-electron chi connectivity index (χ4n) is 10.2. The van der Waals surface area contributed by atoms with Crippen LogP contribution in [-0.2, 0) is 14.2 Å². The molecule has 5 heterocycles. The summed E-state index contributed by atoms with van der Waals surface area (Å²) in [5, 5.41) is 48.2. The molecule has 0 saturated heterocycles. The van der Waals surface area contributed by atoms with Crippen LogP contribution in [0.3, 0.4) is 0 Å². The summed E-state index contributed by atoms with van der Waals surface area (Å²) < 4.78 is 127. The van der Waals surface area contributed by atoms with Gasteiger partial charge in [0, 0.05) is 36.2 Å². The fraction of sp³-hybridized carbons (Fsp3) is 0.244. The molecule has 5 aromatic heterocycles. The Morgan fingerprint density at radius 3 is 1.04 bits per heavy atom. The third-order valence-electron chi connectivity index (χ3n) is 15.8. The third-order valence-corrected chi connectivity index (χ3v) is 16.8. The number of carbonyl (C=O) groups is 6. The number of carboxylic acids is 3. The summed E-state index contributed by atoms with van der Waals surface area (Å²) in [5.74, 6) is -7.88. The monoisotopic (exact) mass is 1800 g/mol. The Kier molecular flexibility index (Phi) is 34.4. The van der Waals surface area contributed by atoms with Gasteiger partial charge in [-0.1, -0.05) is 98.6 Å². The van der Waals surface area contributed by atoms with Crippen molar-refractivity contribution in [1.82, 2.24) is 20.3 Å². The van der Waals surface area contributed by atoms with Crippen LogP contribution >= 0.6 is 44.3 Å². The second kappa shape index (κ2) is 42.1. The van der Waals surface area contributed by atoms with Crippen LogP contribution in [-0.4, -0.2) is 106 Å². The van der Waals surface area contributed by atoms with Gasteiger partial charge in [-0.05, 0) is 246 Å². The number of fused-ring (bicyclic) bond motifs is 3. The molecule has 13 rings (SSSR count). The first-order valence-electron chi connectivity index (χ1n) is 35.1. The van der Waals surface area contributed by atoms with Gasteiger partial charge in [0.05, 0.1) is 41.9 Å². The molecular formula is C86H87Br2ClF6N6O18. The predicted molar refractivity (Wildman–Crippen MR) is 446 cm³/mol. The number of amidine groups is 1. The van der Waals surface area contributed by atoms with E-state index >= 15 is 0 Å². The molecule has 0 radical (unpaired) electrons. The van der Waals surface area contributed by atoms with E-state index in [2.05, 4.69) is 57.3 Å². The van der Waals surface area contributed by atoms with Crippen molar-refractivity contribution in [2.45, 2.75) is 136 Å². The van der Waals surface area contributed by atoms with E-state index < -0.39 is 94.4 Å². The van der Waals surface area contributed by atoms with Crippen molar-refractivity contribution in [1.29, 1.82) is 0 Å². The van der Waals surface area contributed by atoms with Gasteiger partial charge in [0.25, 0.3) is 11.8 Å². The number of carbonyl (C=O) groups excluding carboxylic acids is 3. The smallest absolute Gasteiger partial charge is 0.341 e. The van der Waals surface area contributed by atoms with E-state index in [1.54, 1.807) is 74.4 Å². The highest BCUT2D eigenvalue weighted by Crippen LogP contribution is 2.35. The molecule has 0 aliphatic rings. The molecule has 0 amide bonds. The van der Waals surface area contributed by atoms with Crippen molar-refractivity contribution in [3.8, 4) is 46.1 Å². The number of benzene rings is 8. The number of halogens is 9. The normalized spacial score (nSPS) is 11.0. The average Bonchev–Trinajstić information content (AvgIpc) is 1.63. The summed E-state index contributed by atoms with van der Waals surface area (Å²) >= 11 is 6.13. The van der Waals surface area contributed by atoms with Gasteiger partial charge >= 0.3 is 35.8 Å². The Bertz CT molecular complexity index is 5770. The molecule has 632 valence electrons. The Morgan fingerprint density at radius 2 is 0.739 bits per heavy atom. The zero-order valence-corrected chi connectivity index (χ0v) is 69.3. The van der Waals surface area contributed by atoms with E-state index in [4.69, 9.17) is 64.1 Å². The summed E-state index contributed by atoms with van der Waals surface area (Å²) in [7, 11) is -1.00. The third kappa shape index (κ3) is 26.5. The minimum absolute atomic E-state index is 0. The van der Waals surface area contributed by atoms with Crippen molar-refractivity contribution >= 4 is 119 Å². The number of nitrogens with two attached hydrogens (primary N) is 1. The van der Waals surface area contributed by atoms with Gasteiger partial charge in [0.1, 0.15) is 62.6 Å². The molecule has 8 aromatic carbocycles. The lowest BCUT2D eigenvalue weighted by atomic mass is 10.1. The van der Waals surface area contributed by atoms with E-state index in [0.29, 0.717) is 31.8 Å². The molecule has 0 saturated carbocycles. The topological polar surface area (TPSA) is 367 Å². The highest BCUT2D eigenvalue weighted by atomic mass is 79.9. The molecule has 6 N–H and O–H groups in total. The van der Waals surface area contributed by atoms with Crippen LogP contribution in [0.1, 0.15) is 180 Å². The van der Waals surface area contributed by atoms with Gasteiger partial charge in [-0.2, -0.15) is 9.97 Å². The first-order chi connectivity index (χ1) is 54.7. The van der Waals surface area contributed by atoms with Crippen molar-refractivity contribution in [2.24, 2.45) is 10.9 Å². The Labute approximate surface area is 704 Å². The molecule has 0 bridgehead atoms. The molecule has 0 spiro atoms. The van der Waals surface area contributed by atoms with Gasteiger partial charge in [0.15, 0.2) is 17.3 Å². The number of ether oxygens (including phenoxy) is 3. The number of nitrogens with zero attached hydrogens (tertiary/aromatic N) is 5. The first-order valence-corrected chi connectivity index (χ1v) is 36.0. The van der Waals surface area contributed by atoms with Crippen LogP contribution in [0.25, 0.3) is 79.0 Å². The lowest BCUT2D eigenvalue weighted by Crippen LogP contribution is -2.24. The number of hydrogen-bond acceptors (Lipinski definition) is 20. The van der Waals surface area contributed by atoms with Gasteiger partial charge < -0.3 is 62.8 Å². The molecule has 0 aliphatic heterocycles. The first kappa shape index (κ1) is 97.2. The number of aromatic carboxylic acids is 3. The second-order valence-corrected chi connectivity index (χ2v) is 30.1. The summed E-state index contributed by atoms with van der Waals surface area (Å²) in [5.41, 5.74) is 11.2. The Balaban J connectivity index is 0.000000308. The number of rotatable bonds is 11. The second-order valence-electron chi connectivity index (χ2n) is 28.2. The highest BCUT2D eigenvalue weighted by molar-refractivity contribution is 9.10. The molecule has 0 unspecified atom stereocenters. The summed E-state index contributed by atoms with van der Waals surface area (Å²) in [6, 6.07) is 36.2. The molecule has 24 nitrogen and oxygen atoms in total. The van der Waals surface area contributed by atoms with E-state index in [9.17, 15) is 55.1 Å². The minimum Gasteiger partial charge on any atom is -0.478 e. The van der Waals surface area contributed by atoms with Gasteiger partial charge in [0.2, 0.25) is 17.5 Å². The maximum atomic E-state index is 14.5. The van der Waals surface area contributed by atoms with E-state index in [1.165, 1.54) is 48.5 Å². The van der Waals surface area contributed by atoms with E-state index in [0.717, 1.165) is 103 Å². The summed E-state index contributed by atoms with van der Waals surface area (Å²) in [6.45, 7) is 27.2. The fourth-order valence-corrected chi connectivity index (χ4v) is 10.9. The summed E-state index contributed by atoms with van der Waals surface area (Å²) in [6.07, 6.45) is 0. The number of carboxylic acid groups (broad SMARTS) is 3. The van der Waals surface area contributed by atoms with Crippen LogP contribution in [0.2, 0.25) is 0 Å². The number of furan rings is 3. The quantitative estimate of drug-likeness (QED) is 0.0153. The number of hydrogen-bond donors (Lipinski definition) is 5. The van der Waals surface area contributed by atoms with Crippen LogP contribution in [0.4, 0.5) is 26.3 Å². The maximum Gasteiger partial charge on any atom is 0.341 e. The molecular weight excluding hydrogens is 1710 g/mol. The van der Waals surface area contributed by atoms with Crippen molar-refractivity contribution in [3.05, 3.63) is 256 Å². The van der Waals surface area contributed by atoms with E-state index in [1.807, 2.05) is 90.1 Å². The molecule has 0 aliphatic carbocycles. The van der Waals surface area contributed by atoms with Gasteiger partial charge in [-0.15, -0.1) is 12.4 Å². The highest BCUT2D eigenvalue weighted by Gasteiger charge is 2.27. The van der Waals surface area contributed by atoms with Crippen LogP contribution in [0, 0.1) is 70.6 Å². The van der Waals surface area contributed by atoms with E-state index in [-0.39, 0.29) is 89.9 Å². The lowest BCUT2D eigenvalue weighted by Gasteiger charge is -2.19. The van der Waals surface area contributed by atoms with Crippen LogP contribution in [0.5, 0.6) is 0 Å². The average molecular weight is 1800 g/mol. The van der Waals surface area contributed by atoms with Crippen LogP contribution < -0.4 is 5.73 Å². The summed E-state index contributed by atoms with van der Waals surface area (Å²) in [4.78, 5) is 75.5. The zero-order chi connectivity index (χ0) is 87.0. The SMILES string of the molecule is C.C.CC(C)(C)OC(=O)c1ccc(Br)cc1F.CC(C)(C)OC(=O)c1ccc(C(=O)O)cc1F.Cc1ccc(C)c2oc(-c3noc(-c4ccc(C(=O)O)c(F)c4)n3)cc12.Cc1ccc(C)c2oc(-c3noc(-c4ccc(C(=O)OC(C)(C)C)c(F)c4)n3)cc12.Cc1ccc(C)c2oc(/C(N)=N\O)cc12.Cl.O=C(O)c1ccc(Br)cc1F.[2H]CF. The van der Waals surface area contributed by atoms with Crippen molar-refractivity contribution < 1.29 is 114 Å². The molecule has 119 heavy (non-hydrogen) atoms. The number of aryl methyl sites for hydroxylation is 6. The predicted octanol–water partition coefficient (Wildman–Crippen LogP) is 23.2. The Hall–Kier alpha value is -12.4. The molecule has 0 fully saturated rings. The van der Waals surface area contributed by atoms with Crippen LogP contribution in [0.15, 0.2) is 182 Å². The minimum atomic E-state index is -1.34. The standard InChI is InChI=1S/C23H21FN2O4.C19H13FN2O4.C12H13FO4.C11H12BrFO2.C11H12N2O2.C7H4BrFO2.CH3F.2CH4.ClH/c1-12-6-7-13(2)19-16(12)11-18(28-19)20-25-21(30-26-20)14-8-9-15(17(24)10-14)22(27)29-23(3,4)5;1-9-3-4-10(2)16-13(9)8-15(25-16)17-21-18(26-22-17)11-5-6-12(19(23)24)14(20)7-11;1-12(2,3)17-11(16)8-5-4-7(10(14)15)6-9(8)13;1-11(2,3)15-10(14)8-5-4-7(12)6-9(8)13;1-6-3-4-7(2)10-8(6)5-9(15-10)11(12)13-14;8-4-1-2-5(7(10)11)6(9)3-4;1-2;;;/h6-11H,1-5H3;3-8H,1-2H3,(H,23,24);4-6H,1-3H3,(H,14,15);4-6H,1-3H3;3-5,14H,1-2H3,(H2,12,13);1-3H,(H,10,11);1H3;2*1H4;1H/i;;;;;;1D;;;. The number of alkyl halides is 1. The van der Waals surface area contributed by atoms with Crippen molar-refractivity contribution in [2.75, 3.05) is 7.15 Å². The molecule has 13 aromatic rings. The largest absolute Gasteiger partial charge is 0.478 e. The number of esters is 3. The zero-order valence-electron chi connectivity index (χ0n) is 66.3. The number of oxime groups is 1. The van der Waals surface area contributed by atoms with Gasteiger partial charge in [-0.25, -0.2) is 50.7 Å². The van der Waals surface area contributed by atoms with Gasteiger partial charge in [-0.3, -0.25) is 4.39 Å². The molecule has 0 atom stereocenters.